The zero-order valence-corrected chi connectivity index (χ0v) is 12.1. The first-order valence-corrected chi connectivity index (χ1v) is 7.85. The highest BCUT2D eigenvalue weighted by molar-refractivity contribution is 4.82. The Balaban J connectivity index is 1.75. The molecule has 1 aliphatic heterocycles. The van der Waals surface area contributed by atoms with E-state index in [4.69, 9.17) is 0 Å². The van der Waals surface area contributed by atoms with Crippen LogP contribution in [0.15, 0.2) is 0 Å². The minimum Gasteiger partial charge on any atom is -0.392 e. The van der Waals surface area contributed by atoms with E-state index in [1.807, 2.05) is 0 Å². The van der Waals surface area contributed by atoms with Gasteiger partial charge >= 0.3 is 0 Å². The normalized spacial score (nSPS) is 30.5. The number of likely N-dealkylation sites (N-methyl/N-ethyl adjacent to an activating group) is 1. The van der Waals surface area contributed by atoms with E-state index in [-0.39, 0.29) is 6.10 Å². The Bertz CT molecular complexity index is 241. The molecule has 2 unspecified atom stereocenters. The molecule has 3 heteroatoms. The van der Waals surface area contributed by atoms with Gasteiger partial charge in [0.15, 0.2) is 0 Å². The highest BCUT2D eigenvalue weighted by Gasteiger charge is 2.27. The van der Waals surface area contributed by atoms with Crippen molar-refractivity contribution in [3.05, 3.63) is 0 Å². The first-order chi connectivity index (χ1) is 8.70. The van der Waals surface area contributed by atoms with E-state index in [9.17, 15) is 5.11 Å². The van der Waals surface area contributed by atoms with Crippen LogP contribution in [0.2, 0.25) is 0 Å². The van der Waals surface area contributed by atoms with Gasteiger partial charge in [0.1, 0.15) is 0 Å². The molecular weight excluding hydrogens is 224 g/mol. The maximum atomic E-state index is 10.4. The van der Waals surface area contributed by atoms with Gasteiger partial charge in [0.2, 0.25) is 0 Å². The number of hydrogen-bond acceptors (Lipinski definition) is 3. The minimum absolute atomic E-state index is 0.0920. The van der Waals surface area contributed by atoms with E-state index >= 15 is 0 Å². The summed E-state index contributed by atoms with van der Waals surface area (Å²) >= 11 is 0. The molecule has 106 valence electrons. The fraction of sp³-hybridized carbons (Fsp3) is 1.00. The highest BCUT2D eigenvalue weighted by atomic mass is 16.3. The van der Waals surface area contributed by atoms with Crippen molar-refractivity contribution in [2.45, 2.75) is 58.1 Å². The van der Waals surface area contributed by atoms with Crippen molar-refractivity contribution in [2.75, 3.05) is 32.7 Å². The number of piperazine rings is 1. The average molecular weight is 254 g/mol. The summed E-state index contributed by atoms with van der Waals surface area (Å²) in [6, 6.07) is 0.641. The molecular formula is C15H30N2O. The predicted molar refractivity (Wildman–Crippen MR) is 75.7 cm³/mol. The number of aliphatic hydroxyl groups excluding tert-OH is 1. The number of nitrogens with zero attached hydrogens (tertiary/aromatic N) is 2. The van der Waals surface area contributed by atoms with Crippen LogP contribution in [0, 0.1) is 5.92 Å². The summed E-state index contributed by atoms with van der Waals surface area (Å²) in [5, 5.41) is 10.4. The molecule has 18 heavy (non-hydrogen) atoms. The van der Waals surface area contributed by atoms with Crippen LogP contribution < -0.4 is 0 Å². The SMILES string of the molecule is CCN1CCN(CC(O)C2CCCCC2)CC1C. The summed E-state index contributed by atoms with van der Waals surface area (Å²) in [6.45, 7) is 10.0. The molecule has 1 saturated carbocycles. The second kappa shape index (κ2) is 6.88. The summed E-state index contributed by atoms with van der Waals surface area (Å²) < 4.78 is 0. The first kappa shape index (κ1) is 14.3. The Labute approximate surface area is 112 Å². The van der Waals surface area contributed by atoms with Crippen molar-refractivity contribution in [3.8, 4) is 0 Å². The third-order valence-electron chi connectivity index (χ3n) is 4.89. The Morgan fingerprint density at radius 3 is 2.50 bits per heavy atom. The smallest absolute Gasteiger partial charge is 0.0695 e. The Morgan fingerprint density at radius 2 is 1.89 bits per heavy atom. The van der Waals surface area contributed by atoms with Crippen LogP contribution in [0.4, 0.5) is 0 Å². The Hall–Kier alpha value is -0.120. The van der Waals surface area contributed by atoms with Gasteiger partial charge < -0.3 is 5.11 Å². The first-order valence-electron chi connectivity index (χ1n) is 7.85. The van der Waals surface area contributed by atoms with Gasteiger partial charge in [0, 0.05) is 32.2 Å². The summed E-state index contributed by atoms with van der Waals surface area (Å²) in [6.07, 6.45) is 6.40. The highest BCUT2D eigenvalue weighted by Crippen LogP contribution is 2.27. The van der Waals surface area contributed by atoms with E-state index < -0.39 is 0 Å². The summed E-state index contributed by atoms with van der Waals surface area (Å²) in [5.41, 5.74) is 0. The van der Waals surface area contributed by atoms with Crippen molar-refractivity contribution in [3.63, 3.8) is 0 Å². The lowest BCUT2D eigenvalue weighted by molar-refractivity contribution is 0.0163. The van der Waals surface area contributed by atoms with Crippen molar-refractivity contribution in [2.24, 2.45) is 5.92 Å². The van der Waals surface area contributed by atoms with Gasteiger partial charge in [-0.25, -0.2) is 0 Å². The Morgan fingerprint density at radius 1 is 1.17 bits per heavy atom. The number of hydrogen-bond donors (Lipinski definition) is 1. The van der Waals surface area contributed by atoms with E-state index in [0.717, 1.165) is 32.7 Å². The maximum absolute atomic E-state index is 10.4. The zero-order chi connectivity index (χ0) is 13.0. The molecule has 0 aromatic heterocycles. The monoisotopic (exact) mass is 254 g/mol. The second-order valence-corrected chi connectivity index (χ2v) is 6.20. The van der Waals surface area contributed by atoms with Crippen LogP contribution in [0.3, 0.4) is 0 Å². The van der Waals surface area contributed by atoms with E-state index in [1.54, 1.807) is 0 Å². The standard InChI is InChI=1S/C15H30N2O/c1-3-17-10-9-16(11-13(17)2)12-15(18)14-7-5-4-6-8-14/h13-15,18H,3-12H2,1-2H3. The van der Waals surface area contributed by atoms with Crippen molar-refractivity contribution >= 4 is 0 Å². The summed E-state index contributed by atoms with van der Waals surface area (Å²) in [7, 11) is 0. The minimum atomic E-state index is -0.0920. The zero-order valence-electron chi connectivity index (χ0n) is 12.1. The number of aliphatic hydroxyl groups is 1. The third-order valence-corrected chi connectivity index (χ3v) is 4.89. The summed E-state index contributed by atoms with van der Waals surface area (Å²) in [4.78, 5) is 5.00. The molecule has 0 amide bonds. The van der Waals surface area contributed by atoms with Gasteiger partial charge in [-0.15, -0.1) is 0 Å². The van der Waals surface area contributed by atoms with Gasteiger partial charge in [0.05, 0.1) is 6.10 Å². The van der Waals surface area contributed by atoms with Crippen LogP contribution in [0.1, 0.15) is 46.0 Å². The van der Waals surface area contributed by atoms with Crippen LogP contribution >= 0.6 is 0 Å². The quantitative estimate of drug-likeness (QED) is 0.831. The molecule has 0 radical (unpaired) electrons. The van der Waals surface area contributed by atoms with Crippen LogP contribution in [0.5, 0.6) is 0 Å². The fourth-order valence-corrected chi connectivity index (χ4v) is 3.64. The molecule has 2 fully saturated rings. The van der Waals surface area contributed by atoms with E-state index in [0.29, 0.717) is 12.0 Å². The number of β-amino-alcohol motifs (C(OH)–C–C–N with tert-alkyl or cyclic N) is 1. The Kier molecular flexibility index (Phi) is 5.46. The molecule has 0 aromatic carbocycles. The topological polar surface area (TPSA) is 26.7 Å². The largest absolute Gasteiger partial charge is 0.392 e. The van der Waals surface area contributed by atoms with Gasteiger partial charge in [-0.1, -0.05) is 26.2 Å². The maximum Gasteiger partial charge on any atom is 0.0695 e. The van der Waals surface area contributed by atoms with Crippen molar-refractivity contribution in [1.82, 2.24) is 9.80 Å². The molecule has 0 bridgehead atoms. The lowest BCUT2D eigenvalue weighted by Crippen LogP contribution is -2.53. The van der Waals surface area contributed by atoms with Gasteiger partial charge in [-0.3, -0.25) is 9.80 Å². The van der Waals surface area contributed by atoms with Gasteiger partial charge in [0.25, 0.3) is 0 Å². The summed E-state index contributed by atoms with van der Waals surface area (Å²) in [5.74, 6) is 0.568. The third kappa shape index (κ3) is 3.69. The lowest BCUT2D eigenvalue weighted by atomic mass is 9.85. The number of rotatable bonds is 4. The van der Waals surface area contributed by atoms with E-state index in [2.05, 4.69) is 23.6 Å². The molecule has 1 saturated heterocycles. The van der Waals surface area contributed by atoms with Crippen LogP contribution in [0.25, 0.3) is 0 Å². The second-order valence-electron chi connectivity index (χ2n) is 6.20. The average Bonchev–Trinajstić information content (AvgIpc) is 2.40. The molecule has 2 rings (SSSR count). The molecule has 0 spiro atoms. The van der Waals surface area contributed by atoms with Crippen molar-refractivity contribution in [1.29, 1.82) is 0 Å². The van der Waals surface area contributed by atoms with Gasteiger partial charge in [-0.2, -0.15) is 0 Å². The van der Waals surface area contributed by atoms with Crippen molar-refractivity contribution < 1.29 is 5.11 Å². The van der Waals surface area contributed by atoms with Gasteiger partial charge in [-0.05, 0) is 32.2 Å². The molecule has 1 heterocycles. The molecule has 3 nitrogen and oxygen atoms in total. The molecule has 2 aliphatic rings. The fourth-order valence-electron chi connectivity index (χ4n) is 3.64. The van der Waals surface area contributed by atoms with Crippen LogP contribution in [-0.4, -0.2) is 59.8 Å². The molecule has 1 aliphatic carbocycles. The van der Waals surface area contributed by atoms with E-state index in [1.165, 1.54) is 32.1 Å². The lowest BCUT2D eigenvalue weighted by Gasteiger charge is -2.41. The molecule has 1 N–H and O–H groups in total. The van der Waals surface area contributed by atoms with Crippen LogP contribution in [-0.2, 0) is 0 Å². The molecule has 0 aromatic rings. The predicted octanol–water partition coefficient (Wildman–Crippen LogP) is 1.95. The molecule has 2 atom stereocenters.